The van der Waals surface area contributed by atoms with Crippen molar-refractivity contribution < 1.29 is 13.2 Å². The summed E-state index contributed by atoms with van der Waals surface area (Å²) in [4.78, 5) is 16.9. The Labute approximate surface area is 105 Å². The van der Waals surface area contributed by atoms with E-state index in [-0.39, 0.29) is 18.1 Å². The number of anilines is 1. The molecule has 0 aliphatic heterocycles. The molecule has 1 heterocycles. The summed E-state index contributed by atoms with van der Waals surface area (Å²) in [5, 5.41) is 0.478. The Morgan fingerprint density at radius 3 is 2.59 bits per heavy atom. The van der Waals surface area contributed by atoms with Crippen molar-refractivity contribution >= 4 is 33.2 Å². The second-order valence-electron chi connectivity index (χ2n) is 3.67. The van der Waals surface area contributed by atoms with Crippen molar-refractivity contribution in [2.24, 2.45) is 0 Å². The fourth-order valence-electron chi connectivity index (χ4n) is 1.13. The van der Waals surface area contributed by atoms with Gasteiger partial charge in [0.2, 0.25) is 5.91 Å². The molecule has 0 saturated heterocycles. The number of aromatic nitrogens is 1. The van der Waals surface area contributed by atoms with Gasteiger partial charge in [-0.15, -0.1) is 0 Å². The molecule has 1 amide bonds. The van der Waals surface area contributed by atoms with Crippen LogP contribution in [-0.4, -0.2) is 38.4 Å². The van der Waals surface area contributed by atoms with Gasteiger partial charge in [-0.3, -0.25) is 9.69 Å². The highest BCUT2D eigenvalue weighted by Crippen LogP contribution is 2.13. The summed E-state index contributed by atoms with van der Waals surface area (Å²) in [5.74, 6) is -0.0258. The molecular weight excluding hydrogens is 264 g/mol. The molecule has 0 aliphatic carbocycles. The molecular formula is C10H13ClN2O3S. The first kappa shape index (κ1) is 13.9. The van der Waals surface area contributed by atoms with Gasteiger partial charge in [0.25, 0.3) is 0 Å². The number of hydrogen-bond donors (Lipinski definition) is 0. The third-order valence-electron chi connectivity index (χ3n) is 2.12. The van der Waals surface area contributed by atoms with Gasteiger partial charge < -0.3 is 0 Å². The molecule has 0 spiro atoms. The third-order valence-corrected chi connectivity index (χ3v) is 3.29. The highest BCUT2D eigenvalue weighted by atomic mass is 35.5. The maximum Gasteiger partial charge on any atom is 0.228 e. The first-order valence-electron chi connectivity index (χ1n) is 4.85. The van der Waals surface area contributed by atoms with E-state index in [4.69, 9.17) is 11.6 Å². The highest BCUT2D eigenvalue weighted by molar-refractivity contribution is 7.90. The van der Waals surface area contributed by atoms with Crippen LogP contribution in [0.15, 0.2) is 18.3 Å². The number of hydrogen-bond acceptors (Lipinski definition) is 4. The number of carbonyl (C=O) groups is 1. The molecule has 1 rings (SSSR count). The topological polar surface area (TPSA) is 67.3 Å². The summed E-state index contributed by atoms with van der Waals surface area (Å²) in [6.45, 7) is 0. The summed E-state index contributed by atoms with van der Waals surface area (Å²) < 4.78 is 21.9. The Balaban J connectivity index is 2.67. The van der Waals surface area contributed by atoms with Crippen LogP contribution in [0.2, 0.25) is 5.02 Å². The second-order valence-corrected chi connectivity index (χ2v) is 6.36. The number of sulfone groups is 1. The maximum atomic E-state index is 11.7. The van der Waals surface area contributed by atoms with Crippen LogP contribution in [-0.2, 0) is 14.6 Å². The van der Waals surface area contributed by atoms with Crippen molar-refractivity contribution in [1.29, 1.82) is 0 Å². The van der Waals surface area contributed by atoms with Crippen LogP contribution in [0, 0.1) is 0 Å². The molecule has 0 aliphatic rings. The summed E-state index contributed by atoms with van der Waals surface area (Å²) in [7, 11) is -1.59. The lowest BCUT2D eigenvalue weighted by Crippen LogP contribution is -2.28. The molecule has 7 heteroatoms. The first-order chi connectivity index (χ1) is 7.79. The van der Waals surface area contributed by atoms with Crippen molar-refractivity contribution in [3.8, 4) is 0 Å². The van der Waals surface area contributed by atoms with Gasteiger partial charge >= 0.3 is 0 Å². The van der Waals surface area contributed by atoms with Crippen molar-refractivity contribution in [2.75, 3.05) is 24.0 Å². The van der Waals surface area contributed by atoms with Gasteiger partial charge in [0.15, 0.2) is 0 Å². The Bertz CT molecular complexity index is 499. The largest absolute Gasteiger partial charge is 0.300 e. The van der Waals surface area contributed by atoms with Gasteiger partial charge in [0.05, 0.1) is 10.8 Å². The van der Waals surface area contributed by atoms with Crippen molar-refractivity contribution in [3.05, 3.63) is 23.4 Å². The molecule has 0 fully saturated rings. The lowest BCUT2D eigenvalue weighted by atomic mass is 10.4. The molecule has 0 radical (unpaired) electrons. The van der Waals surface area contributed by atoms with Gasteiger partial charge in [0, 0.05) is 25.9 Å². The average molecular weight is 277 g/mol. The number of amides is 1. The van der Waals surface area contributed by atoms with Crippen LogP contribution in [0.4, 0.5) is 5.82 Å². The standard InChI is InChI=1S/C10H13ClN2O3S/c1-13(9-4-3-8(11)7-12-9)10(14)5-6-17(2,15)16/h3-4,7H,5-6H2,1-2H3. The quantitative estimate of drug-likeness (QED) is 0.827. The van der Waals surface area contributed by atoms with Crippen LogP contribution in [0.5, 0.6) is 0 Å². The van der Waals surface area contributed by atoms with E-state index in [2.05, 4.69) is 4.98 Å². The smallest absolute Gasteiger partial charge is 0.228 e. The van der Waals surface area contributed by atoms with Crippen LogP contribution >= 0.6 is 11.6 Å². The zero-order chi connectivity index (χ0) is 13.1. The maximum absolute atomic E-state index is 11.7. The lowest BCUT2D eigenvalue weighted by Gasteiger charge is -2.15. The number of nitrogens with zero attached hydrogens (tertiary/aromatic N) is 2. The van der Waals surface area contributed by atoms with Gasteiger partial charge in [0.1, 0.15) is 15.7 Å². The molecule has 0 atom stereocenters. The van der Waals surface area contributed by atoms with Gasteiger partial charge in [-0.2, -0.15) is 0 Å². The van der Waals surface area contributed by atoms with Crippen LogP contribution in [0.25, 0.3) is 0 Å². The third kappa shape index (κ3) is 4.70. The second kappa shape index (κ2) is 5.46. The average Bonchev–Trinajstić information content (AvgIpc) is 2.25. The molecule has 0 unspecified atom stereocenters. The number of pyridine rings is 1. The van der Waals surface area contributed by atoms with Crippen LogP contribution in [0.1, 0.15) is 6.42 Å². The zero-order valence-corrected chi connectivity index (χ0v) is 11.1. The Kier molecular flexibility index (Phi) is 4.47. The minimum Gasteiger partial charge on any atom is -0.300 e. The monoisotopic (exact) mass is 276 g/mol. The Hall–Kier alpha value is -1.14. The molecule has 17 heavy (non-hydrogen) atoms. The van der Waals surface area contributed by atoms with Crippen molar-refractivity contribution in [3.63, 3.8) is 0 Å². The zero-order valence-electron chi connectivity index (χ0n) is 9.55. The summed E-state index contributed by atoms with van der Waals surface area (Å²) in [6.07, 6.45) is 2.47. The number of halogens is 1. The van der Waals surface area contributed by atoms with E-state index in [0.717, 1.165) is 6.26 Å². The predicted octanol–water partition coefficient (Wildman–Crippen LogP) is 1.13. The first-order valence-corrected chi connectivity index (χ1v) is 7.29. The summed E-state index contributed by atoms with van der Waals surface area (Å²) in [5.41, 5.74) is 0. The van der Waals surface area contributed by atoms with E-state index in [9.17, 15) is 13.2 Å². The van der Waals surface area contributed by atoms with Gasteiger partial charge in [-0.05, 0) is 12.1 Å². The fraction of sp³-hybridized carbons (Fsp3) is 0.400. The summed E-state index contributed by atoms with van der Waals surface area (Å²) >= 11 is 5.67. The van der Waals surface area contributed by atoms with E-state index in [1.165, 1.54) is 11.1 Å². The van der Waals surface area contributed by atoms with Gasteiger partial charge in [-0.1, -0.05) is 11.6 Å². The molecule has 94 valence electrons. The SMILES string of the molecule is CN(C(=O)CCS(C)(=O)=O)c1ccc(Cl)cn1. The van der Waals surface area contributed by atoms with Crippen LogP contribution in [0.3, 0.4) is 0 Å². The number of rotatable bonds is 4. The van der Waals surface area contributed by atoms with E-state index in [0.29, 0.717) is 10.8 Å². The minimum atomic E-state index is -3.13. The van der Waals surface area contributed by atoms with Crippen LogP contribution < -0.4 is 4.90 Å². The van der Waals surface area contributed by atoms with Crippen molar-refractivity contribution in [2.45, 2.75) is 6.42 Å². The molecule has 0 bridgehead atoms. The van der Waals surface area contributed by atoms with E-state index in [1.807, 2.05) is 0 Å². The molecule has 5 nitrogen and oxygen atoms in total. The number of carbonyl (C=O) groups excluding carboxylic acids is 1. The molecule has 1 aromatic rings. The molecule has 0 aromatic carbocycles. The normalized spacial score (nSPS) is 11.2. The van der Waals surface area contributed by atoms with Crippen molar-refractivity contribution in [1.82, 2.24) is 4.98 Å². The summed E-state index contributed by atoms with van der Waals surface area (Å²) in [6, 6.07) is 3.21. The molecule has 0 N–H and O–H groups in total. The Morgan fingerprint density at radius 1 is 1.47 bits per heavy atom. The molecule has 0 saturated carbocycles. The van der Waals surface area contributed by atoms with E-state index >= 15 is 0 Å². The fourth-order valence-corrected chi connectivity index (χ4v) is 1.79. The predicted molar refractivity (Wildman–Crippen MR) is 67.0 cm³/mol. The minimum absolute atomic E-state index is 0.0559. The Morgan fingerprint density at radius 2 is 2.12 bits per heavy atom. The van der Waals surface area contributed by atoms with E-state index < -0.39 is 9.84 Å². The lowest BCUT2D eigenvalue weighted by molar-refractivity contribution is -0.118. The molecule has 1 aromatic heterocycles. The van der Waals surface area contributed by atoms with E-state index in [1.54, 1.807) is 19.2 Å². The van der Waals surface area contributed by atoms with Gasteiger partial charge in [-0.25, -0.2) is 13.4 Å². The highest BCUT2D eigenvalue weighted by Gasteiger charge is 2.14.